The third-order valence-electron chi connectivity index (χ3n) is 7.20. The minimum Gasteiger partial charge on any atom is -0.493 e. The average Bonchev–Trinajstić information content (AvgIpc) is 3.39. The third-order valence-corrected chi connectivity index (χ3v) is 7.20. The zero-order valence-corrected chi connectivity index (χ0v) is 20.0. The predicted octanol–water partition coefficient (Wildman–Crippen LogP) is 5.97. The van der Waals surface area contributed by atoms with Gasteiger partial charge < -0.3 is 18.9 Å². The number of aryl methyl sites for hydroxylation is 2. The van der Waals surface area contributed by atoms with Gasteiger partial charge in [0.1, 0.15) is 0 Å². The fraction of sp³-hybridized carbons (Fsp3) is 0.172. The smallest absolute Gasteiger partial charge is 0.417 e. The van der Waals surface area contributed by atoms with Crippen molar-refractivity contribution in [3.05, 3.63) is 77.5 Å². The van der Waals surface area contributed by atoms with Gasteiger partial charge in [-0.05, 0) is 48.0 Å². The lowest BCUT2D eigenvalue weighted by Gasteiger charge is -2.18. The number of aromatic nitrogens is 1. The van der Waals surface area contributed by atoms with Crippen LogP contribution in [0.15, 0.2) is 60.8 Å². The van der Waals surface area contributed by atoms with Crippen LogP contribution in [0.1, 0.15) is 21.5 Å². The fourth-order valence-electron chi connectivity index (χ4n) is 5.56. The third kappa shape index (κ3) is 3.21. The summed E-state index contributed by atoms with van der Waals surface area (Å²) in [6, 6.07) is 14.1. The number of carbonyl (C=O) groups is 1. The van der Waals surface area contributed by atoms with Gasteiger partial charge in [0.25, 0.3) is 0 Å². The molecule has 9 heteroatoms. The maximum Gasteiger partial charge on any atom is 0.417 e. The molecule has 38 heavy (non-hydrogen) atoms. The van der Waals surface area contributed by atoms with Crippen molar-refractivity contribution < 1.29 is 41.5 Å². The van der Waals surface area contributed by atoms with E-state index >= 15 is 0 Å². The topological polar surface area (TPSA) is 57.9 Å². The predicted molar refractivity (Wildman–Crippen MR) is 132 cm³/mol. The van der Waals surface area contributed by atoms with Gasteiger partial charge in [0.05, 0.1) is 34.4 Å². The summed E-state index contributed by atoms with van der Waals surface area (Å²) in [5.41, 5.74) is 0.523. The second-order valence-corrected chi connectivity index (χ2v) is 9.22. The van der Waals surface area contributed by atoms with Gasteiger partial charge in [-0.25, -0.2) is 4.79 Å². The maximum atomic E-state index is 13.6. The highest BCUT2D eigenvalue weighted by Crippen LogP contribution is 2.46. The molecule has 0 N–H and O–H groups in total. The minimum absolute atomic E-state index is 0.0641. The molecule has 1 aromatic heterocycles. The molecule has 0 atom stereocenters. The van der Waals surface area contributed by atoms with Gasteiger partial charge in [0.2, 0.25) is 12.3 Å². The summed E-state index contributed by atoms with van der Waals surface area (Å²) in [6.45, 7) is 0.829. The highest BCUT2D eigenvalue weighted by molar-refractivity contribution is 6.17. The molecule has 6 nitrogen and oxygen atoms in total. The van der Waals surface area contributed by atoms with Crippen LogP contribution >= 0.6 is 0 Å². The molecule has 7 rings (SSSR count). The molecule has 0 saturated carbocycles. The van der Waals surface area contributed by atoms with E-state index in [1.54, 1.807) is 6.07 Å². The molecule has 0 spiro atoms. The number of carbonyl (C=O) groups excluding carboxylic acids is 1. The second kappa shape index (κ2) is 7.98. The number of benzene rings is 4. The van der Waals surface area contributed by atoms with Crippen LogP contribution in [-0.4, -0.2) is 19.9 Å². The van der Waals surface area contributed by atoms with E-state index in [-0.39, 0.29) is 18.3 Å². The van der Waals surface area contributed by atoms with Gasteiger partial charge in [-0.2, -0.15) is 17.7 Å². The lowest BCUT2D eigenvalue weighted by Crippen LogP contribution is -2.38. The zero-order chi connectivity index (χ0) is 26.2. The summed E-state index contributed by atoms with van der Waals surface area (Å²) in [5, 5.41) is 4.26. The molecule has 0 radical (unpaired) electrons. The molecule has 2 aliphatic rings. The molecule has 0 saturated heterocycles. The summed E-state index contributed by atoms with van der Waals surface area (Å²) in [7, 11) is 1.42. The van der Waals surface area contributed by atoms with Gasteiger partial charge in [-0.3, -0.25) is 0 Å². The summed E-state index contributed by atoms with van der Waals surface area (Å²) in [4.78, 5) is 13.1. The summed E-state index contributed by atoms with van der Waals surface area (Å²) in [5.74, 6) is 0.638. The Morgan fingerprint density at radius 1 is 0.974 bits per heavy atom. The molecule has 0 fully saturated rings. The molecule has 0 unspecified atom stereocenters. The van der Waals surface area contributed by atoms with E-state index in [2.05, 4.69) is 4.57 Å². The normalized spacial score (nSPS) is 14.0. The highest BCUT2D eigenvalue weighted by atomic mass is 19.4. The molecular weight excluding hydrogens is 499 g/mol. The van der Waals surface area contributed by atoms with Gasteiger partial charge in [-0.15, -0.1) is 0 Å². The fourth-order valence-corrected chi connectivity index (χ4v) is 5.56. The molecule has 5 aromatic rings. The van der Waals surface area contributed by atoms with Crippen LogP contribution in [0.5, 0.6) is 23.0 Å². The van der Waals surface area contributed by atoms with Gasteiger partial charge in [0, 0.05) is 17.2 Å². The van der Waals surface area contributed by atoms with Crippen LogP contribution in [0, 0.1) is 0 Å². The Hall–Kier alpha value is -4.53. The minimum atomic E-state index is -4.71. The quantitative estimate of drug-likeness (QED) is 0.128. The van der Waals surface area contributed by atoms with Crippen molar-refractivity contribution in [2.45, 2.75) is 19.1 Å². The first-order chi connectivity index (χ1) is 18.3. The Labute approximate surface area is 213 Å². The first-order valence-electron chi connectivity index (χ1n) is 11.9. The number of hydrogen-bond donors (Lipinski definition) is 0. The van der Waals surface area contributed by atoms with Crippen molar-refractivity contribution in [3.63, 3.8) is 0 Å². The molecule has 0 amide bonds. The molecule has 0 bridgehead atoms. The highest BCUT2D eigenvalue weighted by Gasteiger charge is 2.36. The van der Waals surface area contributed by atoms with Crippen molar-refractivity contribution in [1.29, 1.82) is 0 Å². The van der Waals surface area contributed by atoms with Crippen LogP contribution in [0.4, 0.5) is 13.2 Å². The molecule has 4 aromatic carbocycles. The van der Waals surface area contributed by atoms with Crippen molar-refractivity contribution in [3.8, 4) is 23.0 Å². The number of rotatable bonds is 3. The van der Waals surface area contributed by atoms with E-state index in [0.717, 1.165) is 56.9 Å². The molecule has 3 heterocycles. The first-order valence-corrected chi connectivity index (χ1v) is 11.9. The second-order valence-electron chi connectivity index (χ2n) is 9.22. The Morgan fingerprint density at radius 3 is 2.58 bits per heavy atom. The number of fused-ring (bicyclic) bond motifs is 4. The first kappa shape index (κ1) is 22.7. The van der Waals surface area contributed by atoms with E-state index in [1.165, 1.54) is 19.2 Å². The number of hydrogen-bond acceptors (Lipinski definition) is 5. The van der Waals surface area contributed by atoms with Crippen LogP contribution in [0.2, 0.25) is 0 Å². The van der Waals surface area contributed by atoms with Crippen LogP contribution < -0.4 is 23.5 Å². The molecular formula is C29H19F3NO5+. The van der Waals surface area contributed by atoms with E-state index in [1.807, 2.05) is 30.5 Å². The summed E-state index contributed by atoms with van der Waals surface area (Å²) >= 11 is 0. The van der Waals surface area contributed by atoms with Gasteiger partial charge in [0.15, 0.2) is 35.7 Å². The Bertz CT molecular complexity index is 1830. The van der Waals surface area contributed by atoms with Crippen LogP contribution in [0.3, 0.4) is 0 Å². The lowest BCUT2D eigenvalue weighted by molar-refractivity contribution is -0.670. The monoisotopic (exact) mass is 518 g/mol. The number of halogens is 3. The average molecular weight is 518 g/mol. The number of methoxy groups -OCH3 is 1. The molecule has 2 aliphatic heterocycles. The SMILES string of the molecule is COc1ccc2c(c[n+]3c4c2ccc2c5c(cc(c24)CC3)OCO5)c1OC(=O)c1ccccc1C(F)(F)F. The Morgan fingerprint density at radius 2 is 1.76 bits per heavy atom. The molecule has 190 valence electrons. The van der Waals surface area contributed by atoms with Crippen LogP contribution in [-0.2, 0) is 19.1 Å². The van der Waals surface area contributed by atoms with Gasteiger partial charge >= 0.3 is 12.1 Å². The standard InChI is InChI=1S/C29H19F3NO5/c1-35-22-9-8-16-17-6-7-19-24-15(12-23-26(19)37-14-36-23)10-11-33(25(17)24)13-20(16)27(22)38-28(34)18-4-2-3-5-21(18)29(30,31)32/h2-9,12-13H,10-11,14H2,1H3/q+1. The molecule has 0 aliphatic carbocycles. The number of nitrogens with zero attached hydrogens (tertiary/aromatic N) is 1. The summed E-state index contributed by atoms with van der Waals surface area (Å²) < 4.78 is 65.3. The Kier molecular flexibility index (Phi) is 4.76. The zero-order valence-electron chi connectivity index (χ0n) is 20.0. The van der Waals surface area contributed by atoms with E-state index in [0.29, 0.717) is 17.7 Å². The lowest BCUT2D eigenvalue weighted by atomic mass is 9.93. The van der Waals surface area contributed by atoms with Crippen molar-refractivity contribution in [2.24, 2.45) is 0 Å². The summed E-state index contributed by atoms with van der Waals surface area (Å²) in [6.07, 6.45) is -2.10. The van der Waals surface area contributed by atoms with Crippen molar-refractivity contribution >= 4 is 38.4 Å². The maximum absolute atomic E-state index is 13.6. The number of ether oxygens (including phenoxy) is 4. The number of esters is 1. The van der Waals surface area contributed by atoms with E-state index < -0.39 is 23.3 Å². The number of alkyl halides is 3. The van der Waals surface area contributed by atoms with Crippen LogP contribution in [0.25, 0.3) is 32.4 Å². The van der Waals surface area contributed by atoms with Crippen molar-refractivity contribution in [2.75, 3.05) is 13.9 Å². The number of pyridine rings is 1. The van der Waals surface area contributed by atoms with E-state index in [9.17, 15) is 18.0 Å². The van der Waals surface area contributed by atoms with Crippen molar-refractivity contribution in [1.82, 2.24) is 0 Å². The van der Waals surface area contributed by atoms with Gasteiger partial charge in [-0.1, -0.05) is 12.1 Å². The Balaban J connectivity index is 1.45. The van der Waals surface area contributed by atoms with E-state index in [4.69, 9.17) is 18.9 Å². The largest absolute Gasteiger partial charge is 0.493 e.